The van der Waals surface area contributed by atoms with Gasteiger partial charge >= 0.3 is 0 Å². The van der Waals surface area contributed by atoms with Gasteiger partial charge in [-0.1, -0.05) is 12.1 Å². The van der Waals surface area contributed by atoms with Gasteiger partial charge in [-0.15, -0.1) is 12.4 Å². The maximum absolute atomic E-state index is 13.0. The second-order valence-electron chi connectivity index (χ2n) is 5.52. The van der Waals surface area contributed by atoms with Crippen LogP contribution < -0.4 is 10.6 Å². The predicted molar refractivity (Wildman–Crippen MR) is 86.6 cm³/mol. The lowest BCUT2D eigenvalue weighted by molar-refractivity contribution is -0.122. The lowest BCUT2D eigenvalue weighted by atomic mass is 10.0. The van der Waals surface area contributed by atoms with Crippen molar-refractivity contribution in [2.24, 2.45) is 5.92 Å². The first-order chi connectivity index (χ1) is 10.2. The molecule has 6 heteroatoms. The number of carbonyl (C=O) groups is 1. The largest absolute Gasteiger partial charge is 0.382 e. The second kappa shape index (κ2) is 9.77. The molecule has 2 unspecified atom stereocenters. The van der Waals surface area contributed by atoms with Crippen molar-refractivity contribution in [2.75, 3.05) is 26.8 Å². The Morgan fingerprint density at radius 3 is 2.77 bits per heavy atom. The first-order valence-corrected chi connectivity index (χ1v) is 7.43. The van der Waals surface area contributed by atoms with Gasteiger partial charge in [0.1, 0.15) is 5.82 Å². The standard InChI is InChI=1S/C16H23FN2O2.ClH/c1-21-11-15(13-3-5-14(17)6-4-13)19-16(20)7-2-12-8-9-18-10-12;/h3-6,12,15,18H,2,7-11H2,1H3,(H,19,20);1H. The van der Waals surface area contributed by atoms with Crippen LogP contribution in [0.25, 0.3) is 0 Å². The molecule has 1 aliphatic rings. The topological polar surface area (TPSA) is 50.4 Å². The number of benzene rings is 1. The minimum atomic E-state index is -0.282. The first-order valence-electron chi connectivity index (χ1n) is 7.43. The van der Waals surface area contributed by atoms with E-state index in [1.165, 1.54) is 12.1 Å². The summed E-state index contributed by atoms with van der Waals surface area (Å²) in [6.45, 7) is 2.43. The van der Waals surface area contributed by atoms with E-state index in [1.807, 2.05) is 0 Å². The van der Waals surface area contributed by atoms with Gasteiger partial charge in [-0.05, 0) is 49.5 Å². The Morgan fingerprint density at radius 1 is 1.45 bits per heavy atom. The minimum absolute atomic E-state index is 0. The molecule has 124 valence electrons. The highest BCUT2D eigenvalue weighted by atomic mass is 35.5. The third-order valence-electron chi connectivity index (χ3n) is 3.88. The van der Waals surface area contributed by atoms with Gasteiger partial charge in [0.15, 0.2) is 0 Å². The highest BCUT2D eigenvalue weighted by molar-refractivity contribution is 5.85. The lowest BCUT2D eigenvalue weighted by Gasteiger charge is -2.19. The van der Waals surface area contributed by atoms with Crippen LogP contribution in [0.2, 0.25) is 0 Å². The van der Waals surface area contributed by atoms with Crippen LogP contribution in [0.4, 0.5) is 4.39 Å². The number of ether oxygens (including phenoxy) is 1. The van der Waals surface area contributed by atoms with Crippen molar-refractivity contribution < 1.29 is 13.9 Å². The quantitative estimate of drug-likeness (QED) is 0.807. The number of hydrogen-bond acceptors (Lipinski definition) is 3. The minimum Gasteiger partial charge on any atom is -0.382 e. The van der Waals surface area contributed by atoms with Crippen molar-refractivity contribution in [3.63, 3.8) is 0 Å². The average Bonchev–Trinajstić information content (AvgIpc) is 2.99. The van der Waals surface area contributed by atoms with Crippen LogP contribution in [0.1, 0.15) is 30.9 Å². The van der Waals surface area contributed by atoms with Crippen LogP contribution in [0.3, 0.4) is 0 Å². The maximum Gasteiger partial charge on any atom is 0.220 e. The van der Waals surface area contributed by atoms with Gasteiger partial charge < -0.3 is 15.4 Å². The molecule has 2 atom stereocenters. The number of amides is 1. The molecule has 1 heterocycles. The van der Waals surface area contributed by atoms with E-state index in [9.17, 15) is 9.18 Å². The Hall–Kier alpha value is -1.17. The van der Waals surface area contributed by atoms with Crippen LogP contribution in [0, 0.1) is 11.7 Å². The number of hydrogen-bond donors (Lipinski definition) is 2. The third kappa shape index (κ3) is 5.91. The normalized spacial score (nSPS) is 18.5. The molecule has 1 saturated heterocycles. The Bertz CT molecular complexity index is 450. The molecule has 1 fully saturated rings. The molecule has 0 saturated carbocycles. The van der Waals surface area contributed by atoms with Crippen LogP contribution in [-0.4, -0.2) is 32.7 Å². The summed E-state index contributed by atoms with van der Waals surface area (Å²) in [7, 11) is 1.59. The molecule has 4 nitrogen and oxygen atoms in total. The monoisotopic (exact) mass is 330 g/mol. The molecule has 1 amide bonds. The number of nitrogens with one attached hydrogen (secondary N) is 2. The molecule has 2 rings (SSSR count). The third-order valence-corrected chi connectivity index (χ3v) is 3.88. The fourth-order valence-corrected chi connectivity index (χ4v) is 2.65. The van der Waals surface area contributed by atoms with Crippen molar-refractivity contribution >= 4 is 18.3 Å². The van der Waals surface area contributed by atoms with E-state index in [0.717, 1.165) is 31.5 Å². The summed E-state index contributed by atoms with van der Waals surface area (Å²) in [4.78, 5) is 12.1. The van der Waals surface area contributed by atoms with Gasteiger partial charge in [-0.2, -0.15) is 0 Å². The molecule has 1 aromatic carbocycles. The van der Waals surface area contributed by atoms with Crippen molar-refractivity contribution in [1.29, 1.82) is 0 Å². The fraction of sp³-hybridized carbons (Fsp3) is 0.562. The van der Waals surface area contributed by atoms with Crippen molar-refractivity contribution in [3.8, 4) is 0 Å². The summed E-state index contributed by atoms with van der Waals surface area (Å²) in [5, 5.41) is 6.27. The summed E-state index contributed by atoms with van der Waals surface area (Å²) in [6.07, 6.45) is 2.57. The Kier molecular flexibility index (Phi) is 8.38. The van der Waals surface area contributed by atoms with E-state index >= 15 is 0 Å². The predicted octanol–water partition coefficient (Wildman–Crippen LogP) is 2.44. The number of rotatable bonds is 7. The summed E-state index contributed by atoms with van der Waals surface area (Å²) in [5.74, 6) is 0.339. The average molecular weight is 331 g/mol. The molecule has 0 bridgehead atoms. The molecular formula is C16H24ClFN2O2. The van der Waals surface area contributed by atoms with E-state index in [-0.39, 0.29) is 30.2 Å². The first kappa shape index (κ1) is 18.9. The van der Waals surface area contributed by atoms with Gasteiger partial charge in [0.05, 0.1) is 12.6 Å². The Labute approximate surface area is 137 Å². The SMILES string of the molecule is COCC(NC(=O)CCC1CCNC1)c1ccc(F)cc1.Cl. The van der Waals surface area contributed by atoms with Crippen molar-refractivity contribution in [3.05, 3.63) is 35.6 Å². The van der Waals surface area contributed by atoms with E-state index < -0.39 is 0 Å². The highest BCUT2D eigenvalue weighted by Crippen LogP contribution is 2.17. The van der Waals surface area contributed by atoms with E-state index in [4.69, 9.17) is 4.74 Å². The molecule has 2 N–H and O–H groups in total. The maximum atomic E-state index is 13.0. The van der Waals surface area contributed by atoms with Crippen molar-refractivity contribution in [2.45, 2.75) is 25.3 Å². The van der Waals surface area contributed by atoms with Crippen LogP contribution in [-0.2, 0) is 9.53 Å². The summed E-state index contributed by atoms with van der Waals surface area (Å²) in [6, 6.07) is 5.92. The molecule has 22 heavy (non-hydrogen) atoms. The highest BCUT2D eigenvalue weighted by Gasteiger charge is 2.18. The van der Waals surface area contributed by atoms with E-state index in [0.29, 0.717) is 18.9 Å². The molecule has 1 aromatic rings. The molecule has 0 aromatic heterocycles. The van der Waals surface area contributed by atoms with Gasteiger partial charge in [-0.3, -0.25) is 4.79 Å². The van der Waals surface area contributed by atoms with E-state index in [1.54, 1.807) is 19.2 Å². The number of halogens is 2. The zero-order chi connectivity index (χ0) is 15.1. The molecule has 0 aliphatic carbocycles. The van der Waals surface area contributed by atoms with Gasteiger partial charge in [-0.25, -0.2) is 4.39 Å². The zero-order valence-electron chi connectivity index (χ0n) is 12.8. The fourth-order valence-electron chi connectivity index (χ4n) is 2.65. The van der Waals surface area contributed by atoms with Crippen molar-refractivity contribution in [1.82, 2.24) is 10.6 Å². The zero-order valence-corrected chi connectivity index (χ0v) is 13.6. The number of carbonyl (C=O) groups excluding carboxylic acids is 1. The molecular weight excluding hydrogens is 307 g/mol. The van der Waals surface area contributed by atoms with Crippen LogP contribution in [0.15, 0.2) is 24.3 Å². The molecule has 0 spiro atoms. The van der Waals surface area contributed by atoms with E-state index in [2.05, 4.69) is 10.6 Å². The van der Waals surface area contributed by atoms with Crippen LogP contribution >= 0.6 is 12.4 Å². The smallest absolute Gasteiger partial charge is 0.220 e. The lowest BCUT2D eigenvalue weighted by Crippen LogP contribution is -2.31. The second-order valence-corrected chi connectivity index (χ2v) is 5.52. The van der Waals surface area contributed by atoms with Gasteiger partial charge in [0.2, 0.25) is 5.91 Å². The Balaban J connectivity index is 0.00000242. The summed E-state index contributed by atoms with van der Waals surface area (Å²) < 4.78 is 18.1. The van der Waals surface area contributed by atoms with Gasteiger partial charge in [0.25, 0.3) is 0 Å². The summed E-state index contributed by atoms with van der Waals surface area (Å²) in [5.41, 5.74) is 0.856. The Morgan fingerprint density at radius 2 is 2.18 bits per heavy atom. The molecule has 1 aliphatic heterocycles. The van der Waals surface area contributed by atoms with Gasteiger partial charge in [0, 0.05) is 13.5 Å². The number of methoxy groups -OCH3 is 1. The van der Waals surface area contributed by atoms with Crippen LogP contribution in [0.5, 0.6) is 0 Å². The summed E-state index contributed by atoms with van der Waals surface area (Å²) >= 11 is 0. The molecule has 0 radical (unpaired) electrons.